The molecule has 1 atom stereocenters. The van der Waals surface area contributed by atoms with E-state index in [1.165, 1.54) is 11.1 Å². The number of amides is 1. The third-order valence-corrected chi connectivity index (χ3v) is 5.99. The molecule has 1 fully saturated rings. The number of likely N-dealkylation sites (tertiary alicyclic amines) is 1. The van der Waals surface area contributed by atoms with Crippen LogP contribution in [0.1, 0.15) is 35.6 Å². The number of hydrogen-bond acceptors (Lipinski definition) is 3. The number of aliphatic hydroxyl groups excluding tert-OH is 1. The van der Waals surface area contributed by atoms with Gasteiger partial charge in [0.05, 0.1) is 6.10 Å². The van der Waals surface area contributed by atoms with Crippen molar-refractivity contribution in [3.63, 3.8) is 0 Å². The number of carbonyl (C=O) groups excluding carboxylic acids is 1. The van der Waals surface area contributed by atoms with Crippen LogP contribution < -0.4 is 0 Å². The summed E-state index contributed by atoms with van der Waals surface area (Å²) in [7, 11) is 0. The maximum atomic E-state index is 13.0. The number of rotatable bonds is 4. The highest BCUT2D eigenvalue weighted by Crippen LogP contribution is 2.25. The molecule has 2 aliphatic heterocycles. The largest absolute Gasteiger partial charge is 0.387 e. The van der Waals surface area contributed by atoms with Gasteiger partial charge in [0.2, 0.25) is 5.91 Å². The molecule has 2 aliphatic rings. The molecule has 4 heteroatoms. The van der Waals surface area contributed by atoms with Gasteiger partial charge >= 0.3 is 0 Å². The zero-order valence-electron chi connectivity index (χ0n) is 15.8. The second-order valence-electron chi connectivity index (χ2n) is 7.78. The van der Waals surface area contributed by atoms with E-state index in [1.54, 1.807) is 0 Å². The molecule has 0 aromatic heterocycles. The second-order valence-corrected chi connectivity index (χ2v) is 7.78. The summed E-state index contributed by atoms with van der Waals surface area (Å²) in [5.74, 6) is 0.438. The molecule has 27 heavy (non-hydrogen) atoms. The summed E-state index contributed by atoms with van der Waals surface area (Å²) in [6, 6.07) is 18.3. The number of β-amino-alcohol motifs (C(OH)–C–C–N with tert-alkyl or cyclic N) is 1. The lowest BCUT2D eigenvalue weighted by molar-refractivity contribution is -0.138. The van der Waals surface area contributed by atoms with Gasteiger partial charge in [0.25, 0.3) is 0 Å². The van der Waals surface area contributed by atoms with Crippen molar-refractivity contribution >= 4 is 5.91 Å². The molecule has 2 heterocycles. The minimum atomic E-state index is -0.461. The molecule has 1 N–H and O–H groups in total. The summed E-state index contributed by atoms with van der Waals surface area (Å²) in [5, 5.41) is 10.4. The van der Waals surface area contributed by atoms with Crippen molar-refractivity contribution in [1.29, 1.82) is 0 Å². The van der Waals surface area contributed by atoms with E-state index in [4.69, 9.17) is 0 Å². The molecule has 4 rings (SSSR count). The summed E-state index contributed by atoms with van der Waals surface area (Å²) in [6.45, 7) is 3.99. The van der Waals surface area contributed by atoms with Crippen molar-refractivity contribution in [2.45, 2.75) is 31.9 Å². The summed E-state index contributed by atoms with van der Waals surface area (Å²) >= 11 is 0. The molecule has 0 spiro atoms. The maximum Gasteiger partial charge on any atom is 0.226 e. The van der Waals surface area contributed by atoms with Gasteiger partial charge in [-0.3, -0.25) is 4.79 Å². The van der Waals surface area contributed by atoms with Crippen molar-refractivity contribution in [1.82, 2.24) is 9.80 Å². The molecule has 2 aromatic carbocycles. The van der Waals surface area contributed by atoms with Crippen LogP contribution in [0.4, 0.5) is 0 Å². The lowest BCUT2D eigenvalue weighted by Gasteiger charge is -2.36. The molecule has 0 saturated carbocycles. The minimum Gasteiger partial charge on any atom is -0.387 e. The van der Waals surface area contributed by atoms with Crippen molar-refractivity contribution in [3.05, 3.63) is 71.3 Å². The zero-order chi connectivity index (χ0) is 18.6. The number of aliphatic hydroxyl groups is 1. The standard InChI is InChI=1S/C23H28N2O2/c26-22(19-7-2-1-3-8-19)17-24-13-10-20(11-14-24)23(27)25-15-12-18-6-4-5-9-21(18)16-25/h1-9,20,22,26H,10-17H2/t22-/m1/s1. The van der Waals surface area contributed by atoms with Crippen LogP contribution >= 0.6 is 0 Å². The first kappa shape index (κ1) is 18.2. The number of benzene rings is 2. The zero-order valence-corrected chi connectivity index (χ0v) is 15.8. The van der Waals surface area contributed by atoms with Gasteiger partial charge < -0.3 is 14.9 Å². The summed E-state index contributed by atoms with van der Waals surface area (Å²) in [5.41, 5.74) is 3.63. The maximum absolute atomic E-state index is 13.0. The van der Waals surface area contributed by atoms with E-state index >= 15 is 0 Å². The Labute approximate surface area is 161 Å². The van der Waals surface area contributed by atoms with Gasteiger partial charge in [-0.15, -0.1) is 0 Å². The Morgan fingerprint density at radius 2 is 1.63 bits per heavy atom. The van der Waals surface area contributed by atoms with Gasteiger partial charge in [0.1, 0.15) is 0 Å². The Hall–Kier alpha value is -2.17. The van der Waals surface area contributed by atoms with Gasteiger partial charge in [-0.2, -0.15) is 0 Å². The van der Waals surface area contributed by atoms with Crippen LogP contribution in [0.25, 0.3) is 0 Å². The molecule has 142 valence electrons. The van der Waals surface area contributed by atoms with Crippen LogP contribution in [0.3, 0.4) is 0 Å². The number of carbonyl (C=O) groups is 1. The van der Waals surface area contributed by atoms with Crippen LogP contribution in [0, 0.1) is 5.92 Å². The predicted octanol–water partition coefficient (Wildman–Crippen LogP) is 3.02. The van der Waals surface area contributed by atoms with Gasteiger partial charge in [-0.25, -0.2) is 0 Å². The molecular weight excluding hydrogens is 336 g/mol. The van der Waals surface area contributed by atoms with Crippen LogP contribution in [-0.4, -0.2) is 47.0 Å². The minimum absolute atomic E-state index is 0.125. The second kappa shape index (κ2) is 8.24. The molecule has 0 aliphatic carbocycles. The summed E-state index contributed by atoms with van der Waals surface area (Å²) < 4.78 is 0. The fraction of sp³-hybridized carbons (Fsp3) is 0.435. The van der Waals surface area contributed by atoms with Gasteiger partial charge in [0.15, 0.2) is 0 Å². The van der Waals surface area contributed by atoms with E-state index < -0.39 is 6.10 Å². The Kier molecular flexibility index (Phi) is 5.55. The third-order valence-electron chi connectivity index (χ3n) is 5.99. The van der Waals surface area contributed by atoms with Crippen LogP contribution in [0.2, 0.25) is 0 Å². The van der Waals surface area contributed by atoms with Crippen LogP contribution in [0.5, 0.6) is 0 Å². The molecule has 0 bridgehead atoms. The van der Waals surface area contributed by atoms with Gasteiger partial charge in [0, 0.05) is 25.6 Å². The normalized spacial score (nSPS) is 19.5. The van der Waals surface area contributed by atoms with Crippen molar-refractivity contribution in [2.24, 2.45) is 5.92 Å². The van der Waals surface area contributed by atoms with E-state index in [2.05, 4.69) is 29.2 Å². The first-order chi connectivity index (χ1) is 13.2. The lowest BCUT2D eigenvalue weighted by Crippen LogP contribution is -2.45. The average Bonchev–Trinajstić information content (AvgIpc) is 2.74. The van der Waals surface area contributed by atoms with Crippen molar-refractivity contribution in [2.75, 3.05) is 26.2 Å². The molecule has 4 nitrogen and oxygen atoms in total. The number of nitrogens with zero attached hydrogens (tertiary/aromatic N) is 2. The van der Waals surface area contributed by atoms with E-state index in [9.17, 15) is 9.90 Å². The van der Waals surface area contributed by atoms with Crippen LogP contribution in [-0.2, 0) is 17.8 Å². The van der Waals surface area contributed by atoms with Crippen molar-refractivity contribution in [3.8, 4) is 0 Å². The third kappa shape index (κ3) is 4.23. The van der Waals surface area contributed by atoms with Crippen LogP contribution in [0.15, 0.2) is 54.6 Å². The average molecular weight is 364 g/mol. The smallest absolute Gasteiger partial charge is 0.226 e. The Morgan fingerprint density at radius 1 is 0.963 bits per heavy atom. The molecule has 1 saturated heterocycles. The van der Waals surface area contributed by atoms with Gasteiger partial charge in [-0.05, 0) is 49.0 Å². The topological polar surface area (TPSA) is 43.8 Å². The first-order valence-electron chi connectivity index (χ1n) is 10.0. The van der Waals surface area contributed by atoms with Crippen molar-refractivity contribution < 1.29 is 9.90 Å². The predicted molar refractivity (Wildman–Crippen MR) is 106 cm³/mol. The Morgan fingerprint density at radius 3 is 2.37 bits per heavy atom. The molecular formula is C23H28N2O2. The SMILES string of the molecule is O=C(C1CCN(C[C@@H](O)c2ccccc2)CC1)N1CCc2ccccc2C1. The first-order valence-corrected chi connectivity index (χ1v) is 10.0. The Balaban J connectivity index is 1.28. The monoisotopic (exact) mass is 364 g/mol. The highest BCUT2D eigenvalue weighted by atomic mass is 16.3. The van der Waals surface area contributed by atoms with E-state index in [0.717, 1.165) is 51.0 Å². The number of hydrogen-bond donors (Lipinski definition) is 1. The fourth-order valence-corrected chi connectivity index (χ4v) is 4.33. The Bertz CT molecular complexity index is 769. The molecule has 2 aromatic rings. The molecule has 1 amide bonds. The quantitative estimate of drug-likeness (QED) is 0.907. The lowest BCUT2D eigenvalue weighted by atomic mass is 9.92. The highest BCUT2D eigenvalue weighted by molar-refractivity contribution is 5.79. The number of fused-ring (bicyclic) bond motifs is 1. The summed E-state index contributed by atoms with van der Waals surface area (Å²) in [6.07, 6.45) is 2.28. The van der Waals surface area contributed by atoms with E-state index in [0.29, 0.717) is 12.5 Å². The highest BCUT2D eigenvalue weighted by Gasteiger charge is 2.30. The summed E-state index contributed by atoms with van der Waals surface area (Å²) in [4.78, 5) is 17.3. The fourth-order valence-electron chi connectivity index (χ4n) is 4.33. The van der Waals surface area contributed by atoms with E-state index in [1.807, 2.05) is 35.2 Å². The number of piperidine rings is 1. The molecule has 0 unspecified atom stereocenters. The van der Waals surface area contributed by atoms with Gasteiger partial charge in [-0.1, -0.05) is 54.6 Å². The van der Waals surface area contributed by atoms with E-state index in [-0.39, 0.29) is 5.92 Å². The molecule has 0 radical (unpaired) electrons.